The summed E-state index contributed by atoms with van der Waals surface area (Å²) in [5, 5.41) is 8.86. The van der Waals surface area contributed by atoms with Crippen LogP contribution in [0.2, 0.25) is 0 Å². The number of hydrogen-bond acceptors (Lipinski definition) is 5. The molecule has 0 aliphatic carbocycles. The fraction of sp³-hybridized carbons (Fsp3) is 0.333. The molecule has 1 unspecified atom stereocenters. The summed E-state index contributed by atoms with van der Waals surface area (Å²) in [6.07, 6.45) is 0.483. The number of anilines is 3. The van der Waals surface area contributed by atoms with Crippen molar-refractivity contribution in [2.75, 3.05) is 22.7 Å². The molecular weight excluding hydrogens is 358 g/mol. The van der Waals surface area contributed by atoms with Crippen LogP contribution in [0.25, 0.3) is 0 Å². The van der Waals surface area contributed by atoms with Crippen molar-refractivity contribution in [1.82, 2.24) is 0 Å². The third-order valence-electron chi connectivity index (χ3n) is 4.18. The Balaban J connectivity index is 1.53. The minimum absolute atomic E-state index is 0.00724. The minimum atomic E-state index is -0.452. The highest BCUT2D eigenvalue weighted by Gasteiger charge is 2.17. The highest BCUT2D eigenvalue weighted by Crippen LogP contribution is 2.34. The van der Waals surface area contributed by atoms with Gasteiger partial charge in [0.15, 0.2) is 11.5 Å². The van der Waals surface area contributed by atoms with Crippen molar-refractivity contribution < 1.29 is 19.1 Å². The van der Waals surface area contributed by atoms with Crippen LogP contribution >= 0.6 is 0 Å². The van der Waals surface area contributed by atoms with Crippen LogP contribution in [0.5, 0.6) is 11.5 Å². The van der Waals surface area contributed by atoms with E-state index in [0.29, 0.717) is 29.5 Å². The lowest BCUT2D eigenvalue weighted by Gasteiger charge is -2.16. The molecule has 148 valence electrons. The Bertz CT molecular complexity index is 849. The van der Waals surface area contributed by atoms with Gasteiger partial charge in [-0.15, -0.1) is 0 Å². The zero-order valence-electron chi connectivity index (χ0n) is 16.2. The van der Waals surface area contributed by atoms with Crippen LogP contribution in [0.3, 0.4) is 0 Å². The summed E-state index contributed by atoms with van der Waals surface area (Å²) in [7, 11) is 0. The molecule has 0 bridgehead atoms. The number of ether oxygens (including phenoxy) is 2. The highest BCUT2D eigenvalue weighted by molar-refractivity contribution is 5.96. The number of amides is 2. The second-order valence-corrected chi connectivity index (χ2v) is 7.15. The molecule has 2 aromatic carbocycles. The molecule has 1 aliphatic heterocycles. The van der Waals surface area contributed by atoms with E-state index in [-0.39, 0.29) is 18.6 Å². The zero-order valence-corrected chi connectivity index (χ0v) is 16.2. The van der Waals surface area contributed by atoms with Gasteiger partial charge in [0.05, 0.1) is 0 Å². The average Bonchev–Trinajstić information content (AvgIpc) is 3.10. The Labute approximate surface area is 164 Å². The van der Waals surface area contributed by atoms with Crippen molar-refractivity contribution >= 4 is 28.9 Å². The third kappa shape index (κ3) is 5.16. The molecule has 28 heavy (non-hydrogen) atoms. The van der Waals surface area contributed by atoms with Crippen molar-refractivity contribution in [1.29, 1.82) is 0 Å². The van der Waals surface area contributed by atoms with Crippen LogP contribution in [0.1, 0.15) is 27.2 Å². The van der Waals surface area contributed by atoms with Crippen LogP contribution < -0.4 is 25.4 Å². The van der Waals surface area contributed by atoms with Gasteiger partial charge in [0.25, 0.3) is 0 Å². The Hall–Kier alpha value is -3.22. The van der Waals surface area contributed by atoms with E-state index in [4.69, 9.17) is 9.47 Å². The van der Waals surface area contributed by atoms with Gasteiger partial charge in [-0.25, -0.2) is 0 Å². The molecule has 3 rings (SSSR count). The second-order valence-electron chi connectivity index (χ2n) is 7.15. The van der Waals surface area contributed by atoms with Crippen molar-refractivity contribution in [2.24, 2.45) is 5.92 Å². The molecule has 2 aromatic rings. The Morgan fingerprint density at radius 3 is 2.25 bits per heavy atom. The van der Waals surface area contributed by atoms with Crippen LogP contribution in [-0.4, -0.2) is 24.6 Å². The predicted molar refractivity (Wildman–Crippen MR) is 109 cm³/mol. The van der Waals surface area contributed by atoms with Gasteiger partial charge >= 0.3 is 0 Å². The molecule has 1 atom stereocenters. The van der Waals surface area contributed by atoms with Crippen LogP contribution in [0, 0.1) is 5.92 Å². The topological polar surface area (TPSA) is 88.7 Å². The van der Waals surface area contributed by atoms with Crippen molar-refractivity contribution in [3.05, 3.63) is 42.5 Å². The number of fused-ring (bicyclic) bond motifs is 1. The quantitative estimate of drug-likeness (QED) is 0.676. The van der Waals surface area contributed by atoms with Gasteiger partial charge in [-0.05, 0) is 49.2 Å². The molecule has 7 heteroatoms. The molecule has 0 spiro atoms. The Morgan fingerprint density at radius 2 is 1.54 bits per heavy atom. The summed E-state index contributed by atoms with van der Waals surface area (Å²) in [5.41, 5.74) is 2.16. The summed E-state index contributed by atoms with van der Waals surface area (Å²) in [6.45, 7) is 5.98. The third-order valence-corrected chi connectivity index (χ3v) is 4.18. The van der Waals surface area contributed by atoms with Gasteiger partial charge in [0, 0.05) is 29.5 Å². The van der Waals surface area contributed by atoms with E-state index >= 15 is 0 Å². The summed E-state index contributed by atoms with van der Waals surface area (Å²) in [4.78, 5) is 24.3. The number of carbonyl (C=O) groups excluding carboxylic acids is 2. The standard InChI is InChI=1S/C21H25N3O4/c1-13(2)10-20(25)23-16-6-4-15(5-7-16)22-14(3)21(26)24-17-8-9-18-19(11-17)28-12-27-18/h4-9,11,13-14,22H,10,12H2,1-3H3,(H,23,25)(H,24,26). The summed E-state index contributed by atoms with van der Waals surface area (Å²) < 4.78 is 10.6. The number of carbonyl (C=O) groups is 2. The minimum Gasteiger partial charge on any atom is -0.454 e. The monoisotopic (exact) mass is 383 g/mol. The van der Waals surface area contributed by atoms with E-state index in [1.54, 1.807) is 25.1 Å². The lowest BCUT2D eigenvalue weighted by Crippen LogP contribution is -2.31. The molecule has 3 N–H and O–H groups in total. The lowest BCUT2D eigenvalue weighted by molar-refractivity contribution is -0.117. The molecule has 0 saturated heterocycles. The van der Waals surface area contributed by atoms with Gasteiger partial charge in [0.2, 0.25) is 18.6 Å². The molecule has 0 aromatic heterocycles. The average molecular weight is 383 g/mol. The van der Waals surface area contributed by atoms with E-state index in [1.165, 1.54) is 0 Å². The molecule has 1 aliphatic rings. The number of rotatable bonds is 7. The number of nitrogens with one attached hydrogen (secondary N) is 3. The van der Waals surface area contributed by atoms with Crippen LogP contribution in [0.15, 0.2) is 42.5 Å². The largest absolute Gasteiger partial charge is 0.454 e. The smallest absolute Gasteiger partial charge is 0.246 e. The first-order valence-corrected chi connectivity index (χ1v) is 9.27. The summed E-state index contributed by atoms with van der Waals surface area (Å²) in [6, 6.07) is 12.1. The number of benzene rings is 2. The first kappa shape index (κ1) is 19.5. The summed E-state index contributed by atoms with van der Waals surface area (Å²) >= 11 is 0. The Kier molecular flexibility index (Phi) is 6.03. The first-order valence-electron chi connectivity index (χ1n) is 9.27. The van der Waals surface area contributed by atoms with Crippen molar-refractivity contribution in [3.8, 4) is 11.5 Å². The van der Waals surface area contributed by atoms with E-state index in [2.05, 4.69) is 16.0 Å². The molecular formula is C21H25N3O4. The van der Waals surface area contributed by atoms with Gasteiger partial charge in [-0.3, -0.25) is 9.59 Å². The zero-order chi connectivity index (χ0) is 20.1. The normalized spacial score (nSPS) is 13.1. The molecule has 0 radical (unpaired) electrons. The Morgan fingerprint density at radius 1 is 0.893 bits per heavy atom. The fourth-order valence-electron chi connectivity index (χ4n) is 2.77. The van der Waals surface area contributed by atoms with Crippen molar-refractivity contribution in [3.63, 3.8) is 0 Å². The van der Waals surface area contributed by atoms with E-state index in [9.17, 15) is 9.59 Å². The molecule has 1 heterocycles. The lowest BCUT2D eigenvalue weighted by atomic mass is 10.1. The SMILES string of the molecule is CC(C)CC(=O)Nc1ccc(NC(C)C(=O)Nc2ccc3c(c2)OCO3)cc1. The van der Waals surface area contributed by atoms with Gasteiger partial charge in [-0.2, -0.15) is 0 Å². The highest BCUT2D eigenvalue weighted by atomic mass is 16.7. The number of hydrogen-bond donors (Lipinski definition) is 3. The second kappa shape index (κ2) is 8.65. The maximum atomic E-state index is 12.4. The van der Waals surface area contributed by atoms with Crippen LogP contribution in [-0.2, 0) is 9.59 Å². The van der Waals surface area contributed by atoms with Gasteiger partial charge < -0.3 is 25.4 Å². The molecule has 0 saturated carbocycles. The van der Waals surface area contributed by atoms with Gasteiger partial charge in [0.1, 0.15) is 6.04 Å². The van der Waals surface area contributed by atoms with Crippen molar-refractivity contribution in [2.45, 2.75) is 33.2 Å². The van der Waals surface area contributed by atoms with Crippen LogP contribution in [0.4, 0.5) is 17.1 Å². The fourth-order valence-corrected chi connectivity index (χ4v) is 2.77. The molecule has 0 fully saturated rings. The maximum Gasteiger partial charge on any atom is 0.246 e. The molecule has 2 amide bonds. The predicted octanol–water partition coefficient (Wildman–Crippen LogP) is 3.84. The van der Waals surface area contributed by atoms with E-state index < -0.39 is 6.04 Å². The first-order chi connectivity index (χ1) is 13.4. The molecule has 7 nitrogen and oxygen atoms in total. The van der Waals surface area contributed by atoms with Gasteiger partial charge in [-0.1, -0.05) is 13.8 Å². The van der Waals surface area contributed by atoms with E-state index in [1.807, 2.05) is 38.1 Å². The maximum absolute atomic E-state index is 12.4. The summed E-state index contributed by atoms with van der Waals surface area (Å²) in [5.74, 6) is 1.42. The van der Waals surface area contributed by atoms with E-state index in [0.717, 1.165) is 11.4 Å².